The van der Waals surface area contributed by atoms with Gasteiger partial charge in [-0.1, -0.05) is 6.07 Å². The lowest BCUT2D eigenvalue weighted by molar-refractivity contribution is -0.137. The van der Waals surface area contributed by atoms with Gasteiger partial charge in [0.05, 0.1) is 4.88 Å². The molecule has 0 radical (unpaired) electrons. The van der Waals surface area contributed by atoms with Gasteiger partial charge in [-0.05, 0) is 11.4 Å². The van der Waals surface area contributed by atoms with Crippen LogP contribution in [0.2, 0.25) is 0 Å². The third-order valence-electron chi connectivity index (χ3n) is 1.45. The second kappa shape index (κ2) is 4.04. The molecule has 1 N–H and O–H groups in total. The summed E-state index contributed by atoms with van der Waals surface area (Å²) >= 11 is 1.30. The van der Waals surface area contributed by atoms with Crippen LogP contribution in [0.3, 0.4) is 0 Å². The zero-order chi connectivity index (χ0) is 9.84. The molecule has 5 heteroatoms. The molecule has 0 bridgehead atoms. The van der Waals surface area contributed by atoms with Gasteiger partial charge in [0, 0.05) is 7.05 Å². The van der Waals surface area contributed by atoms with Crippen LogP contribution in [0, 0.1) is 0 Å². The lowest BCUT2D eigenvalue weighted by Crippen LogP contribution is -2.31. The first-order valence-electron chi connectivity index (χ1n) is 3.62. The molecule has 0 saturated heterocycles. The summed E-state index contributed by atoms with van der Waals surface area (Å²) in [6.45, 7) is -0.267. The molecule has 4 nitrogen and oxygen atoms in total. The van der Waals surface area contributed by atoms with E-state index in [2.05, 4.69) is 0 Å². The molecule has 70 valence electrons. The number of hydrogen-bond acceptors (Lipinski definition) is 3. The molecule has 0 spiro atoms. The Balaban J connectivity index is 2.63. The van der Waals surface area contributed by atoms with Crippen LogP contribution in [0.5, 0.6) is 0 Å². The smallest absolute Gasteiger partial charge is 0.323 e. The van der Waals surface area contributed by atoms with Crippen LogP contribution in [0.25, 0.3) is 0 Å². The Morgan fingerprint density at radius 3 is 2.77 bits per heavy atom. The van der Waals surface area contributed by atoms with Crippen LogP contribution < -0.4 is 0 Å². The number of likely N-dealkylation sites (N-methyl/N-ethyl adjacent to an activating group) is 1. The van der Waals surface area contributed by atoms with Gasteiger partial charge in [-0.25, -0.2) is 0 Å². The number of carbonyl (C=O) groups is 2. The predicted molar refractivity (Wildman–Crippen MR) is 48.9 cm³/mol. The van der Waals surface area contributed by atoms with Gasteiger partial charge in [-0.15, -0.1) is 11.3 Å². The highest BCUT2D eigenvalue weighted by Gasteiger charge is 2.14. The maximum atomic E-state index is 11.4. The van der Waals surface area contributed by atoms with Crippen LogP contribution in [0.1, 0.15) is 9.67 Å². The van der Waals surface area contributed by atoms with Crippen molar-refractivity contribution in [3.8, 4) is 0 Å². The summed E-state index contributed by atoms with van der Waals surface area (Å²) < 4.78 is 0. The Labute approximate surface area is 79.4 Å². The SMILES string of the molecule is CN(CC(=O)O)C(=O)c1cccs1. The van der Waals surface area contributed by atoms with Crippen molar-refractivity contribution in [3.63, 3.8) is 0 Å². The van der Waals surface area contributed by atoms with Crippen molar-refractivity contribution < 1.29 is 14.7 Å². The van der Waals surface area contributed by atoms with Gasteiger partial charge >= 0.3 is 5.97 Å². The molecular weight excluding hydrogens is 190 g/mol. The van der Waals surface area contributed by atoms with Crippen LogP contribution >= 0.6 is 11.3 Å². The van der Waals surface area contributed by atoms with E-state index in [1.165, 1.54) is 23.3 Å². The fourth-order valence-electron chi connectivity index (χ4n) is 0.863. The van der Waals surface area contributed by atoms with E-state index in [0.29, 0.717) is 4.88 Å². The molecule has 13 heavy (non-hydrogen) atoms. The first kappa shape index (κ1) is 9.73. The van der Waals surface area contributed by atoms with E-state index in [4.69, 9.17) is 5.11 Å². The predicted octanol–water partition coefficient (Wildman–Crippen LogP) is 0.905. The lowest BCUT2D eigenvalue weighted by atomic mass is 10.4. The van der Waals surface area contributed by atoms with Gasteiger partial charge in [0.25, 0.3) is 5.91 Å². The fourth-order valence-corrected chi connectivity index (χ4v) is 1.58. The van der Waals surface area contributed by atoms with Gasteiger partial charge in [0.1, 0.15) is 6.54 Å². The Hall–Kier alpha value is -1.36. The first-order valence-corrected chi connectivity index (χ1v) is 4.50. The summed E-state index contributed by atoms with van der Waals surface area (Å²) in [5, 5.41) is 10.2. The van der Waals surface area contributed by atoms with Gasteiger partial charge in [0.2, 0.25) is 0 Å². The zero-order valence-electron chi connectivity index (χ0n) is 7.06. The highest BCUT2D eigenvalue weighted by atomic mass is 32.1. The number of aliphatic carboxylic acids is 1. The number of nitrogens with zero attached hydrogens (tertiary/aromatic N) is 1. The van der Waals surface area contributed by atoms with E-state index in [1.807, 2.05) is 0 Å². The molecule has 0 aromatic carbocycles. The highest BCUT2D eigenvalue weighted by Crippen LogP contribution is 2.10. The monoisotopic (exact) mass is 199 g/mol. The Morgan fingerprint density at radius 2 is 2.31 bits per heavy atom. The average molecular weight is 199 g/mol. The van der Waals surface area contributed by atoms with Crippen molar-refractivity contribution in [2.45, 2.75) is 0 Å². The summed E-state index contributed by atoms with van der Waals surface area (Å²) in [4.78, 5) is 23.4. The molecule has 1 aromatic rings. The van der Waals surface area contributed by atoms with E-state index in [0.717, 1.165) is 0 Å². The zero-order valence-corrected chi connectivity index (χ0v) is 7.87. The van der Waals surface area contributed by atoms with Crippen LogP contribution in [-0.4, -0.2) is 35.5 Å². The van der Waals surface area contributed by atoms with Gasteiger partial charge in [-0.3, -0.25) is 9.59 Å². The second-order valence-corrected chi connectivity index (χ2v) is 3.48. The highest BCUT2D eigenvalue weighted by molar-refractivity contribution is 7.12. The lowest BCUT2D eigenvalue weighted by Gasteiger charge is -2.12. The van der Waals surface area contributed by atoms with Crippen molar-refractivity contribution in [3.05, 3.63) is 22.4 Å². The van der Waals surface area contributed by atoms with E-state index in [9.17, 15) is 9.59 Å². The number of amides is 1. The summed E-state index contributed by atoms with van der Waals surface area (Å²) in [7, 11) is 1.47. The van der Waals surface area contributed by atoms with E-state index in [1.54, 1.807) is 17.5 Å². The molecule has 0 fully saturated rings. The average Bonchev–Trinajstić information content (AvgIpc) is 2.53. The van der Waals surface area contributed by atoms with Crippen LogP contribution in [0.15, 0.2) is 17.5 Å². The molecule has 1 rings (SSSR count). The molecule has 0 aliphatic rings. The number of carboxylic acid groups (broad SMARTS) is 1. The van der Waals surface area contributed by atoms with Gasteiger partial charge in [-0.2, -0.15) is 0 Å². The Morgan fingerprint density at radius 1 is 1.62 bits per heavy atom. The first-order chi connectivity index (χ1) is 6.11. The summed E-state index contributed by atoms with van der Waals surface area (Å²) in [6.07, 6.45) is 0. The quantitative estimate of drug-likeness (QED) is 0.787. The maximum Gasteiger partial charge on any atom is 0.323 e. The largest absolute Gasteiger partial charge is 0.480 e. The number of thiophene rings is 1. The Kier molecular flexibility index (Phi) is 3.02. The van der Waals surface area contributed by atoms with Crippen molar-refractivity contribution in [1.82, 2.24) is 4.90 Å². The van der Waals surface area contributed by atoms with Gasteiger partial charge in [0.15, 0.2) is 0 Å². The minimum Gasteiger partial charge on any atom is -0.480 e. The van der Waals surface area contributed by atoms with Crippen molar-refractivity contribution in [2.24, 2.45) is 0 Å². The summed E-state index contributed by atoms with van der Waals surface area (Å²) in [5.74, 6) is -1.26. The normalized spacial score (nSPS) is 9.62. The van der Waals surface area contributed by atoms with E-state index in [-0.39, 0.29) is 12.5 Å². The third-order valence-corrected chi connectivity index (χ3v) is 2.31. The standard InChI is InChI=1S/C8H9NO3S/c1-9(5-7(10)11)8(12)6-3-2-4-13-6/h2-4H,5H2,1H3,(H,10,11). The number of hydrogen-bond donors (Lipinski definition) is 1. The van der Waals surface area contributed by atoms with Crippen LogP contribution in [-0.2, 0) is 4.79 Å². The molecule has 0 aliphatic carbocycles. The van der Waals surface area contributed by atoms with Crippen LogP contribution in [0.4, 0.5) is 0 Å². The minimum atomic E-state index is -1.01. The molecule has 0 aliphatic heterocycles. The van der Waals surface area contributed by atoms with Crippen molar-refractivity contribution >= 4 is 23.2 Å². The maximum absolute atomic E-state index is 11.4. The van der Waals surface area contributed by atoms with Gasteiger partial charge < -0.3 is 10.0 Å². The molecule has 0 unspecified atom stereocenters. The molecule has 0 atom stereocenters. The molecular formula is C8H9NO3S. The van der Waals surface area contributed by atoms with E-state index >= 15 is 0 Å². The van der Waals surface area contributed by atoms with E-state index < -0.39 is 5.97 Å². The molecule has 0 saturated carbocycles. The third kappa shape index (κ3) is 2.55. The number of carboxylic acids is 1. The molecule has 1 aromatic heterocycles. The Bertz CT molecular complexity index is 307. The molecule has 1 heterocycles. The fraction of sp³-hybridized carbons (Fsp3) is 0.250. The van der Waals surface area contributed by atoms with Crippen molar-refractivity contribution in [1.29, 1.82) is 0 Å². The number of carbonyl (C=O) groups excluding carboxylic acids is 1. The summed E-state index contributed by atoms with van der Waals surface area (Å²) in [5.41, 5.74) is 0. The number of rotatable bonds is 3. The summed E-state index contributed by atoms with van der Waals surface area (Å²) in [6, 6.07) is 3.43. The minimum absolute atomic E-state index is 0.252. The topological polar surface area (TPSA) is 57.6 Å². The van der Waals surface area contributed by atoms with Crippen molar-refractivity contribution in [2.75, 3.05) is 13.6 Å². The molecule has 1 amide bonds. The second-order valence-electron chi connectivity index (χ2n) is 2.53.